The molecule has 4 heteroatoms. The van der Waals surface area contributed by atoms with Crippen LogP contribution in [0.5, 0.6) is 11.5 Å². The molecule has 1 N–H and O–H groups in total. The molecule has 1 rings (SSSR count). The van der Waals surface area contributed by atoms with Crippen LogP contribution in [0.15, 0.2) is 18.2 Å². The first-order valence-corrected chi connectivity index (χ1v) is 7.40. The maximum atomic E-state index is 12.3. The molecule has 0 radical (unpaired) electrons. The van der Waals surface area contributed by atoms with Crippen LogP contribution in [0.3, 0.4) is 0 Å². The zero-order valence-electron chi connectivity index (χ0n) is 13.9. The van der Waals surface area contributed by atoms with E-state index in [4.69, 9.17) is 9.47 Å². The van der Waals surface area contributed by atoms with Gasteiger partial charge in [0.05, 0.1) is 14.2 Å². The first-order valence-electron chi connectivity index (χ1n) is 7.40. The van der Waals surface area contributed by atoms with E-state index < -0.39 is 0 Å². The highest BCUT2D eigenvalue weighted by Gasteiger charge is 2.19. The fourth-order valence-electron chi connectivity index (χ4n) is 2.53. The molecule has 4 nitrogen and oxygen atoms in total. The minimum atomic E-state index is -0.0812. The predicted octanol–water partition coefficient (Wildman–Crippen LogP) is 3.36. The van der Waals surface area contributed by atoms with E-state index >= 15 is 0 Å². The van der Waals surface area contributed by atoms with Gasteiger partial charge in [-0.15, -0.1) is 0 Å². The van der Waals surface area contributed by atoms with Crippen molar-refractivity contribution in [1.82, 2.24) is 5.32 Å². The number of rotatable bonds is 7. The number of nitrogens with one attached hydrogen (secondary N) is 1. The molecular weight excluding hydrogens is 266 g/mol. The molecule has 0 atom stereocenters. The lowest BCUT2D eigenvalue weighted by Gasteiger charge is -2.25. The van der Waals surface area contributed by atoms with Crippen LogP contribution in [0.4, 0.5) is 0 Å². The second-order valence-electron chi connectivity index (χ2n) is 5.93. The van der Waals surface area contributed by atoms with E-state index in [2.05, 4.69) is 33.0 Å². The Morgan fingerprint density at radius 3 is 2.10 bits per heavy atom. The van der Waals surface area contributed by atoms with Gasteiger partial charge in [0.2, 0.25) is 0 Å². The Bertz CT molecular complexity index is 461. The molecule has 0 bridgehead atoms. The maximum absolute atomic E-state index is 12.3. The standard InChI is InChI=1S/C17H27NO3/c1-11(2)14(12(3)4)10-18-17(19)13-7-8-15(20-5)16(9-13)21-6/h7-9,11-12,14H,10H2,1-6H3,(H,18,19). The van der Waals surface area contributed by atoms with E-state index in [0.29, 0.717) is 41.4 Å². The normalized spacial score (nSPS) is 11.1. The third-order valence-electron chi connectivity index (χ3n) is 3.86. The largest absolute Gasteiger partial charge is 0.493 e. The minimum Gasteiger partial charge on any atom is -0.493 e. The van der Waals surface area contributed by atoms with Crippen LogP contribution in [-0.4, -0.2) is 26.7 Å². The van der Waals surface area contributed by atoms with Crippen molar-refractivity contribution in [3.63, 3.8) is 0 Å². The molecule has 0 spiro atoms. The molecule has 0 saturated carbocycles. The average Bonchev–Trinajstić information content (AvgIpc) is 2.45. The molecule has 1 aromatic carbocycles. The molecule has 1 amide bonds. The summed E-state index contributed by atoms with van der Waals surface area (Å²) in [5.74, 6) is 2.65. The smallest absolute Gasteiger partial charge is 0.251 e. The zero-order chi connectivity index (χ0) is 16.0. The summed E-state index contributed by atoms with van der Waals surface area (Å²) in [6, 6.07) is 5.19. The van der Waals surface area contributed by atoms with Crippen LogP contribution in [-0.2, 0) is 0 Å². The lowest BCUT2D eigenvalue weighted by Crippen LogP contribution is -2.33. The van der Waals surface area contributed by atoms with Gasteiger partial charge in [0.1, 0.15) is 0 Å². The van der Waals surface area contributed by atoms with E-state index in [9.17, 15) is 4.79 Å². The molecule has 21 heavy (non-hydrogen) atoms. The van der Waals surface area contributed by atoms with Crippen molar-refractivity contribution in [2.45, 2.75) is 27.7 Å². The fourth-order valence-corrected chi connectivity index (χ4v) is 2.53. The molecule has 118 valence electrons. The number of benzene rings is 1. The van der Waals surface area contributed by atoms with Crippen LogP contribution in [0.2, 0.25) is 0 Å². The van der Waals surface area contributed by atoms with Gasteiger partial charge in [0, 0.05) is 12.1 Å². The Morgan fingerprint density at radius 1 is 1.05 bits per heavy atom. The average molecular weight is 293 g/mol. The molecule has 0 aliphatic carbocycles. The molecule has 0 aliphatic rings. The topological polar surface area (TPSA) is 47.6 Å². The summed E-state index contributed by atoms with van der Waals surface area (Å²) in [7, 11) is 3.14. The molecule has 0 saturated heterocycles. The van der Waals surface area contributed by atoms with Crippen LogP contribution < -0.4 is 14.8 Å². The van der Waals surface area contributed by atoms with Gasteiger partial charge in [-0.25, -0.2) is 0 Å². The molecule has 0 aromatic heterocycles. The zero-order valence-corrected chi connectivity index (χ0v) is 13.9. The highest BCUT2D eigenvalue weighted by Crippen LogP contribution is 2.27. The quantitative estimate of drug-likeness (QED) is 0.838. The third-order valence-corrected chi connectivity index (χ3v) is 3.86. The van der Waals surface area contributed by atoms with E-state index in [1.165, 1.54) is 0 Å². The highest BCUT2D eigenvalue weighted by atomic mass is 16.5. The van der Waals surface area contributed by atoms with E-state index in [1.54, 1.807) is 32.4 Å². The molecule has 1 aromatic rings. The summed E-state index contributed by atoms with van der Waals surface area (Å²) in [6.45, 7) is 9.43. The first kappa shape index (κ1) is 17.3. The van der Waals surface area contributed by atoms with Gasteiger partial charge in [-0.05, 0) is 36.0 Å². The number of amides is 1. The van der Waals surface area contributed by atoms with Crippen molar-refractivity contribution in [2.75, 3.05) is 20.8 Å². The van der Waals surface area contributed by atoms with Crippen molar-refractivity contribution >= 4 is 5.91 Å². The third kappa shape index (κ3) is 4.66. The Balaban J connectivity index is 2.76. The number of carbonyl (C=O) groups is 1. The van der Waals surface area contributed by atoms with Gasteiger partial charge in [0.15, 0.2) is 11.5 Å². The maximum Gasteiger partial charge on any atom is 0.251 e. The summed E-state index contributed by atoms with van der Waals surface area (Å²) in [5.41, 5.74) is 0.582. The van der Waals surface area contributed by atoms with Crippen LogP contribution >= 0.6 is 0 Å². The van der Waals surface area contributed by atoms with Crippen molar-refractivity contribution in [3.8, 4) is 11.5 Å². The predicted molar refractivity (Wildman–Crippen MR) is 85.0 cm³/mol. The number of ether oxygens (including phenoxy) is 2. The number of methoxy groups -OCH3 is 2. The Hall–Kier alpha value is -1.71. The van der Waals surface area contributed by atoms with Crippen LogP contribution in [0, 0.1) is 17.8 Å². The second-order valence-corrected chi connectivity index (χ2v) is 5.93. The highest BCUT2D eigenvalue weighted by molar-refractivity contribution is 5.94. The van der Waals surface area contributed by atoms with Crippen molar-refractivity contribution in [3.05, 3.63) is 23.8 Å². The Labute approximate surface area is 127 Å². The summed E-state index contributed by atoms with van der Waals surface area (Å²) in [5, 5.41) is 3.02. The number of carbonyl (C=O) groups excluding carboxylic acids is 1. The van der Waals surface area contributed by atoms with Gasteiger partial charge in [-0.2, -0.15) is 0 Å². The molecular formula is C17H27NO3. The van der Waals surface area contributed by atoms with Crippen LogP contribution in [0.25, 0.3) is 0 Å². The monoisotopic (exact) mass is 293 g/mol. The summed E-state index contributed by atoms with van der Waals surface area (Å²) in [4.78, 5) is 12.3. The van der Waals surface area contributed by atoms with E-state index in [-0.39, 0.29) is 5.91 Å². The second kappa shape index (κ2) is 7.91. The van der Waals surface area contributed by atoms with E-state index in [0.717, 1.165) is 0 Å². The first-order chi connectivity index (χ1) is 9.90. The van der Waals surface area contributed by atoms with Gasteiger partial charge in [-0.3, -0.25) is 4.79 Å². The van der Waals surface area contributed by atoms with Gasteiger partial charge >= 0.3 is 0 Å². The number of hydrogen-bond acceptors (Lipinski definition) is 3. The minimum absolute atomic E-state index is 0.0812. The van der Waals surface area contributed by atoms with Gasteiger partial charge < -0.3 is 14.8 Å². The van der Waals surface area contributed by atoms with E-state index in [1.807, 2.05) is 0 Å². The number of hydrogen-bond donors (Lipinski definition) is 1. The summed E-state index contributed by atoms with van der Waals surface area (Å²) < 4.78 is 10.4. The van der Waals surface area contributed by atoms with Crippen LogP contribution in [0.1, 0.15) is 38.1 Å². The lowest BCUT2D eigenvalue weighted by atomic mass is 9.85. The Kier molecular flexibility index (Phi) is 6.53. The summed E-state index contributed by atoms with van der Waals surface area (Å²) in [6.07, 6.45) is 0. The molecule has 0 unspecified atom stereocenters. The Morgan fingerprint density at radius 2 is 1.62 bits per heavy atom. The van der Waals surface area contributed by atoms with Crippen molar-refractivity contribution in [1.29, 1.82) is 0 Å². The molecule has 0 aliphatic heterocycles. The van der Waals surface area contributed by atoms with Crippen molar-refractivity contribution < 1.29 is 14.3 Å². The SMILES string of the molecule is COc1ccc(C(=O)NCC(C(C)C)C(C)C)cc1OC. The summed E-state index contributed by atoms with van der Waals surface area (Å²) >= 11 is 0. The molecule has 0 heterocycles. The lowest BCUT2D eigenvalue weighted by molar-refractivity contribution is 0.0937. The fraction of sp³-hybridized carbons (Fsp3) is 0.588. The van der Waals surface area contributed by atoms with Crippen molar-refractivity contribution in [2.24, 2.45) is 17.8 Å². The van der Waals surface area contributed by atoms with Gasteiger partial charge in [0.25, 0.3) is 5.91 Å². The van der Waals surface area contributed by atoms with Gasteiger partial charge in [-0.1, -0.05) is 27.7 Å². The molecule has 0 fully saturated rings.